The Kier molecular flexibility index (Phi) is 3.55. The summed E-state index contributed by atoms with van der Waals surface area (Å²) in [5.41, 5.74) is 8.13. The number of anilines is 1. The average Bonchev–Trinajstić information content (AvgIpc) is 2.69. The normalized spacial score (nSPS) is 10.3. The van der Waals surface area contributed by atoms with E-state index in [9.17, 15) is 4.39 Å². The molecule has 0 spiro atoms. The summed E-state index contributed by atoms with van der Waals surface area (Å²) >= 11 is 7.08. The topological polar surface area (TPSA) is 49.8 Å². The molecule has 0 aliphatic heterocycles. The highest BCUT2D eigenvalue weighted by atomic mass is 35.5. The van der Waals surface area contributed by atoms with Gasteiger partial charge in [-0.15, -0.1) is 11.3 Å². The van der Waals surface area contributed by atoms with E-state index in [2.05, 4.69) is 6.07 Å². The number of nitrogens with zero attached hydrogens (tertiary/aromatic N) is 1. The third-order valence-corrected chi connectivity index (χ3v) is 4.18. The van der Waals surface area contributed by atoms with Crippen LogP contribution in [0.5, 0.6) is 0 Å². The zero-order valence-electron chi connectivity index (χ0n) is 9.63. The fourth-order valence-corrected chi connectivity index (χ4v) is 3.07. The number of nitrogen functional groups attached to an aromatic ring is 1. The van der Waals surface area contributed by atoms with Crippen molar-refractivity contribution >= 4 is 28.6 Å². The Morgan fingerprint density at radius 2 is 2.22 bits per heavy atom. The summed E-state index contributed by atoms with van der Waals surface area (Å²) in [5.74, 6) is -0.455. The number of hydrogen-bond donors (Lipinski definition) is 1. The molecule has 2 nitrogen and oxygen atoms in total. The molecule has 1 heterocycles. The van der Waals surface area contributed by atoms with Gasteiger partial charge in [0.1, 0.15) is 16.8 Å². The van der Waals surface area contributed by atoms with Crippen LogP contribution in [0, 0.1) is 17.1 Å². The highest BCUT2D eigenvalue weighted by Crippen LogP contribution is 2.39. The van der Waals surface area contributed by atoms with Gasteiger partial charge < -0.3 is 5.73 Å². The fourth-order valence-electron chi connectivity index (χ4n) is 1.78. The maximum atomic E-state index is 13.1. The molecule has 1 aromatic heterocycles. The third kappa shape index (κ3) is 2.07. The van der Waals surface area contributed by atoms with Crippen LogP contribution in [-0.4, -0.2) is 0 Å². The van der Waals surface area contributed by atoms with Crippen molar-refractivity contribution in [3.8, 4) is 16.5 Å². The first-order chi connectivity index (χ1) is 8.58. The zero-order chi connectivity index (χ0) is 13.3. The Bertz CT molecular complexity index is 643. The minimum absolute atomic E-state index is 0.0695. The molecule has 0 unspecified atom stereocenters. The van der Waals surface area contributed by atoms with E-state index in [0.717, 1.165) is 16.0 Å². The number of nitrogens with two attached hydrogens (primary N) is 1. The largest absolute Gasteiger partial charge is 0.397 e. The van der Waals surface area contributed by atoms with Gasteiger partial charge in [-0.1, -0.05) is 24.6 Å². The van der Waals surface area contributed by atoms with E-state index in [4.69, 9.17) is 22.6 Å². The maximum Gasteiger partial charge on any atom is 0.141 e. The minimum Gasteiger partial charge on any atom is -0.397 e. The van der Waals surface area contributed by atoms with E-state index >= 15 is 0 Å². The molecule has 0 bridgehead atoms. The molecule has 0 aliphatic rings. The molecule has 2 N–H and O–H groups in total. The molecule has 0 fully saturated rings. The summed E-state index contributed by atoms with van der Waals surface area (Å²) in [4.78, 5) is 1.37. The van der Waals surface area contributed by atoms with Crippen LogP contribution in [0.1, 0.15) is 17.4 Å². The molecular weight excluding hydrogens is 271 g/mol. The SMILES string of the molecule is CCc1c(-c2ccc(F)c(Cl)c2)sc(C#N)c1N. The van der Waals surface area contributed by atoms with Gasteiger partial charge in [0.2, 0.25) is 0 Å². The van der Waals surface area contributed by atoms with E-state index in [0.29, 0.717) is 17.0 Å². The highest BCUT2D eigenvalue weighted by Gasteiger charge is 2.16. The van der Waals surface area contributed by atoms with Crippen LogP contribution in [-0.2, 0) is 6.42 Å². The standard InChI is InChI=1S/C13H10ClFN2S/c1-2-8-12(17)11(6-16)18-13(8)7-3-4-10(15)9(14)5-7/h3-5H,2,17H2,1H3. The molecule has 0 radical (unpaired) electrons. The molecule has 2 aromatic rings. The van der Waals surface area contributed by atoms with Crippen LogP contribution in [0.25, 0.3) is 10.4 Å². The maximum absolute atomic E-state index is 13.1. The van der Waals surface area contributed by atoms with Gasteiger partial charge in [-0.3, -0.25) is 0 Å². The molecule has 0 amide bonds. The summed E-state index contributed by atoms with van der Waals surface area (Å²) in [5, 5.41) is 9.06. The predicted molar refractivity (Wildman–Crippen MR) is 73.2 cm³/mol. The van der Waals surface area contributed by atoms with Gasteiger partial charge in [-0.25, -0.2) is 4.39 Å². The monoisotopic (exact) mass is 280 g/mol. The van der Waals surface area contributed by atoms with Crippen molar-refractivity contribution < 1.29 is 4.39 Å². The number of nitriles is 1. The number of hydrogen-bond acceptors (Lipinski definition) is 3. The Morgan fingerprint density at radius 3 is 2.78 bits per heavy atom. The Balaban J connectivity index is 2.63. The van der Waals surface area contributed by atoms with Crippen LogP contribution >= 0.6 is 22.9 Å². The van der Waals surface area contributed by atoms with Crippen LogP contribution in [0.3, 0.4) is 0 Å². The Morgan fingerprint density at radius 1 is 1.50 bits per heavy atom. The minimum atomic E-state index is -0.455. The van der Waals surface area contributed by atoms with Crippen molar-refractivity contribution in [2.24, 2.45) is 0 Å². The highest BCUT2D eigenvalue weighted by molar-refractivity contribution is 7.16. The number of thiophene rings is 1. The van der Waals surface area contributed by atoms with Crippen LogP contribution in [0.2, 0.25) is 5.02 Å². The summed E-state index contributed by atoms with van der Waals surface area (Å²) in [7, 11) is 0. The fraction of sp³-hybridized carbons (Fsp3) is 0.154. The molecule has 0 saturated heterocycles. The molecule has 5 heteroatoms. The van der Waals surface area contributed by atoms with Gasteiger partial charge >= 0.3 is 0 Å². The van der Waals surface area contributed by atoms with Gasteiger partial charge in [-0.2, -0.15) is 5.26 Å². The lowest BCUT2D eigenvalue weighted by Gasteiger charge is -2.03. The van der Waals surface area contributed by atoms with Crippen molar-refractivity contribution in [1.82, 2.24) is 0 Å². The molecule has 1 aromatic carbocycles. The van der Waals surface area contributed by atoms with E-state index < -0.39 is 5.82 Å². The van der Waals surface area contributed by atoms with Crippen molar-refractivity contribution in [1.29, 1.82) is 5.26 Å². The predicted octanol–water partition coefficient (Wildman–Crippen LogP) is 4.22. The summed E-state index contributed by atoms with van der Waals surface area (Å²) in [6.45, 7) is 1.97. The third-order valence-electron chi connectivity index (χ3n) is 2.68. The van der Waals surface area contributed by atoms with E-state index in [-0.39, 0.29) is 5.02 Å². The first kappa shape index (κ1) is 12.9. The first-order valence-electron chi connectivity index (χ1n) is 5.35. The van der Waals surface area contributed by atoms with Gasteiger partial charge in [0, 0.05) is 4.88 Å². The molecule has 0 aliphatic carbocycles. The van der Waals surface area contributed by atoms with Crippen LogP contribution < -0.4 is 5.73 Å². The lowest BCUT2D eigenvalue weighted by Crippen LogP contribution is -1.91. The van der Waals surface area contributed by atoms with Crippen molar-refractivity contribution in [3.05, 3.63) is 39.5 Å². The second-order valence-corrected chi connectivity index (χ2v) is 5.17. The van der Waals surface area contributed by atoms with Gasteiger partial charge in [0.15, 0.2) is 0 Å². The van der Waals surface area contributed by atoms with Crippen molar-refractivity contribution in [2.45, 2.75) is 13.3 Å². The number of halogens is 2. The van der Waals surface area contributed by atoms with Crippen LogP contribution in [0.4, 0.5) is 10.1 Å². The zero-order valence-corrected chi connectivity index (χ0v) is 11.2. The summed E-state index contributed by atoms with van der Waals surface area (Å²) in [6, 6.07) is 6.59. The van der Waals surface area contributed by atoms with E-state index in [1.807, 2.05) is 6.92 Å². The molecule has 2 rings (SSSR count). The van der Waals surface area contributed by atoms with Gasteiger partial charge in [-0.05, 0) is 29.7 Å². The average molecular weight is 281 g/mol. The smallest absolute Gasteiger partial charge is 0.141 e. The summed E-state index contributed by atoms with van der Waals surface area (Å²) in [6.07, 6.45) is 0.717. The molecule has 18 heavy (non-hydrogen) atoms. The Labute approximate surface area is 113 Å². The molecule has 92 valence electrons. The first-order valence-corrected chi connectivity index (χ1v) is 6.54. The Hall–Kier alpha value is -1.57. The molecule has 0 saturated carbocycles. The van der Waals surface area contributed by atoms with E-state index in [1.165, 1.54) is 17.4 Å². The number of benzene rings is 1. The molecule has 0 atom stereocenters. The lowest BCUT2D eigenvalue weighted by atomic mass is 10.1. The van der Waals surface area contributed by atoms with Crippen LogP contribution in [0.15, 0.2) is 18.2 Å². The van der Waals surface area contributed by atoms with Gasteiger partial charge in [0.05, 0.1) is 10.7 Å². The van der Waals surface area contributed by atoms with Gasteiger partial charge in [0.25, 0.3) is 0 Å². The summed E-state index contributed by atoms with van der Waals surface area (Å²) < 4.78 is 13.1. The second kappa shape index (κ2) is 4.97. The molecular formula is C13H10ClFN2S. The van der Waals surface area contributed by atoms with Crippen molar-refractivity contribution in [3.63, 3.8) is 0 Å². The quantitative estimate of drug-likeness (QED) is 0.895. The van der Waals surface area contributed by atoms with E-state index in [1.54, 1.807) is 12.1 Å². The van der Waals surface area contributed by atoms with Crippen molar-refractivity contribution in [2.75, 3.05) is 5.73 Å². The number of rotatable bonds is 2. The second-order valence-electron chi connectivity index (χ2n) is 3.75. The lowest BCUT2D eigenvalue weighted by molar-refractivity contribution is 0.628.